The Bertz CT molecular complexity index is 886. The molecule has 0 radical (unpaired) electrons. The summed E-state index contributed by atoms with van der Waals surface area (Å²) in [5.41, 5.74) is 0.106. The lowest BCUT2D eigenvalue weighted by Gasteiger charge is -2.28. The van der Waals surface area contributed by atoms with E-state index < -0.39 is 23.1 Å². The van der Waals surface area contributed by atoms with Crippen LogP contribution in [-0.2, 0) is 20.7 Å². The number of amides is 1. The minimum atomic E-state index is -0.750. The van der Waals surface area contributed by atoms with Gasteiger partial charge in [-0.15, -0.1) is 0 Å². The van der Waals surface area contributed by atoms with Crippen LogP contribution >= 0.6 is 0 Å². The molecule has 0 aromatic heterocycles. The van der Waals surface area contributed by atoms with E-state index >= 15 is 0 Å². The normalized spacial score (nSPS) is 15.7. The Hall–Kier alpha value is -3.10. The summed E-state index contributed by atoms with van der Waals surface area (Å²) in [6.07, 6.45) is 2.46. The molecule has 9 nitrogen and oxygen atoms in total. The maximum Gasteiger partial charge on any atom is 0.291 e. The number of likely N-dealkylation sites (tertiary alicyclic amines) is 1. The summed E-state index contributed by atoms with van der Waals surface area (Å²) in [6, 6.07) is 2.98. The summed E-state index contributed by atoms with van der Waals surface area (Å²) in [5.74, 6) is 0.220. The molecule has 182 valence electrons. The monoisotopic (exact) mass is 461 g/mol. The van der Waals surface area contributed by atoms with E-state index in [9.17, 15) is 9.59 Å². The number of ether oxygens (including phenoxy) is 4. The summed E-state index contributed by atoms with van der Waals surface area (Å²) < 4.78 is 21.5. The quantitative estimate of drug-likeness (QED) is 0.312. The van der Waals surface area contributed by atoms with Crippen molar-refractivity contribution in [2.24, 2.45) is 5.41 Å². The van der Waals surface area contributed by atoms with Crippen LogP contribution in [0.3, 0.4) is 0 Å². The lowest BCUT2D eigenvalue weighted by atomic mass is 9.84. The molecule has 1 saturated heterocycles. The molecular weight excluding hydrogens is 426 g/mol. The van der Waals surface area contributed by atoms with Crippen molar-refractivity contribution in [2.75, 3.05) is 27.9 Å². The second-order valence-corrected chi connectivity index (χ2v) is 8.65. The van der Waals surface area contributed by atoms with Gasteiger partial charge in [0, 0.05) is 18.4 Å². The molecule has 0 saturated carbocycles. The van der Waals surface area contributed by atoms with E-state index in [4.69, 9.17) is 29.8 Å². The highest BCUT2D eigenvalue weighted by atomic mass is 16.5. The van der Waals surface area contributed by atoms with Gasteiger partial charge >= 0.3 is 0 Å². The maximum atomic E-state index is 12.8. The molecule has 33 heavy (non-hydrogen) atoms. The van der Waals surface area contributed by atoms with Crippen molar-refractivity contribution < 1.29 is 28.5 Å². The van der Waals surface area contributed by atoms with Crippen molar-refractivity contribution in [3.8, 4) is 17.2 Å². The van der Waals surface area contributed by atoms with Crippen molar-refractivity contribution >= 4 is 23.5 Å². The van der Waals surface area contributed by atoms with Gasteiger partial charge in [-0.05, 0) is 43.4 Å². The molecule has 1 atom stereocenters. The zero-order chi connectivity index (χ0) is 24.8. The van der Waals surface area contributed by atoms with Gasteiger partial charge < -0.3 is 23.8 Å². The van der Waals surface area contributed by atoms with Crippen molar-refractivity contribution in [3.05, 3.63) is 17.7 Å². The van der Waals surface area contributed by atoms with E-state index in [1.807, 2.05) is 6.92 Å². The third-order valence-electron chi connectivity index (χ3n) is 6.11. The minimum Gasteiger partial charge on any atom is -0.493 e. The van der Waals surface area contributed by atoms with Crippen LogP contribution in [-0.4, -0.2) is 62.3 Å². The van der Waals surface area contributed by atoms with E-state index in [0.717, 1.165) is 5.56 Å². The number of aryl methyl sites for hydroxylation is 1. The molecular formula is C24H35N3O6. The topological polar surface area (TPSA) is 122 Å². The van der Waals surface area contributed by atoms with Crippen LogP contribution in [0.5, 0.6) is 17.2 Å². The number of rotatable bonds is 10. The first-order valence-electron chi connectivity index (χ1n) is 11.1. The van der Waals surface area contributed by atoms with E-state index in [0.29, 0.717) is 49.5 Å². The molecule has 1 fully saturated rings. The first kappa shape index (κ1) is 26.2. The van der Waals surface area contributed by atoms with Crippen molar-refractivity contribution in [2.45, 2.75) is 58.9 Å². The lowest BCUT2D eigenvalue weighted by Crippen LogP contribution is -2.48. The number of carbonyl (C=O) groups excluding carboxylic acids is 2. The van der Waals surface area contributed by atoms with E-state index in [-0.39, 0.29) is 18.2 Å². The SMILES string of the molecule is CCC(C)(C)C(=O)C(=O)N1CCCC1C(=N)OC(=N)CCc1cc(OC)c(OC)c(OC)c1. The molecule has 1 aliphatic rings. The average Bonchev–Trinajstić information content (AvgIpc) is 3.31. The second-order valence-electron chi connectivity index (χ2n) is 8.65. The first-order chi connectivity index (χ1) is 15.6. The summed E-state index contributed by atoms with van der Waals surface area (Å²) >= 11 is 0. The molecule has 0 spiro atoms. The van der Waals surface area contributed by atoms with Gasteiger partial charge in [0.1, 0.15) is 6.04 Å². The predicted molar refractivity (Wildman–Crippen MR) is 125 cm³/mol. The maximum absolute atomic E-state index is 12.8. The van der Waals surface area contributed by atoms with Gasteiger partial charge in [0.05, 0.1) is 21.3 Å². The minimum absolute atomic E-state index is 0.0896. The van der Waals surface area contributed by atoms with Crippen molar-refractivity contribution in [1.82, 2.24) is 4.90 Å². The Balaban J connectivity index is 2.01. The van der Waals surface area contributed by atoms with Gasteiger partial charge in [0.15, 0.2) is 17.4 Å². The van der Waals surface area contributed by atoms with Crippen molar-refractivity contribution in [3.63, 3.8) is 0 Å². The number of ketones is 1. The first-order valence-corrected chi connectivity index (χ1v) is 11.1. The molecule has 1 heterocycles. The Kier molecular flexibility index (Phi) is 8.84. The molecule has 1 aliphatic heterocycles. The van der Waals surface area contributed by atoms with Gasteiger partial charge in [-0.25, -0.2) is 0 Å². The van der Waals surface area contributed by atoms with Gasteiger partial charge in [0.2, 0.25) is 17.4 Å². The van der Waals surface area contributed by atoms with E-state index in [1.165, 1.54) is 26.2 Å². The second kappa shape index (κ2) is 11.2. The van der Waals surface area contributed by atoms with Crippen LogP contribution in [0, 0.1) is 16.2 Å². The Morgan fingerprint density at radius 3 is 2.21 bits per heavy atom. The van der Waals surface area contributed by atoms with E-state index in [2.05, 4.69) is 0 Å². The van der Waals surface area contributed by atoms with Crippen LogP contribution in [0.2, 0.25) is 0 Å². The van der Waals surface area contributed by atoms with Crippen molar-refractivity contribution in [1.29, 1.82) is 10.8 Å². The third kappa shape index (κ3) is 6.03. The number of nitrogens with zero attached hydrogens (tertiary/aromatic N) is 1. The van der Waals surface area contributed by atoms with Crippen LogP contribution in [0.4, 0.5) is 0 Å². The Morgan fingerprint density at radius 2 is 1.70 bits per heavy atom. The van der Waals surface area contributed by atoms with Crippen LogP contribution in [0.1, 0.15) is 52.0 Å². The third-order valence-corrected chi connectivity index (χ3v) is 6.11. The number of nitrogens with one attached hydrogen (secondary N) is 2. The van der Waals surface area contributed by atoms with E-state index in [1.54, 1.807) is 26.0 Å². The number of hydrogen-bond donors (Lipinski definition) is 2. The molecule has 1 aromatic rings. The van der Waals surface area contributed by atoms with Gasteiger partial charge in [-0.2, -0.15) is 0 Å². The predicted octanol–water partition coefficient (Wildman–Crippen LogP) is 3.61. The zero-order valence-electron chi connectivity index (χ0n) is 20.4. The molecule has 0 aliphatic carbocycles. The fraction of sp³-hybridized carbons (Fsp3) is 0.583. The van der Waals surface area contributed by atoms with Gasteiger partial charge in [0.25, 0.3) is 5.91 Å². The highest BCUT2D eigenvalue weighted by Gasteiger charge is 2.40. The van der Waals surface area contributed by atoms with Crippen LogP contribution < -0.4 is 14.2 Å². The summed E-state index contributed by atoms with van der Waals surface area (Å²) in [7, 11) is 4.60. The smallest absolute Gasteiger partial charge is 0.291 e. The molecule has 9 heteroatoms. The average molecular weight is 462 g/mol. The largest absolute Gasteiger partial charge is 0.493 e. The number of Topliss-reactive ketones (excluding diaryl/α,β-unsaturated/α-hetero) is 1. The number of benzene rings is 1. The number of carbonyl (C=O) groups is 2. The fourth-order valence-corrected chi connectivity index (χ4v) is 3.65. The van der Waals surface area contributed by atoms with Crippen LogP contribution in [0.15, 0.2) is 12.1 Å². The lowest BCUT2D eigenvalue weighted by molar-refractivity contribution is -0.149. The molecule has 1 amide bonds. The summed E-state index contributed by atoms with van der Waals surface area (Å²) in [5, 5.41) is 16.5. The standard InChI is InChI=1S/C24H35N3O6/c1-7-24(2,3)21(28)23(29)27-12-8-9-16(27)22(26)33-19(25)11-10-15-13-17(30-4)20(32-6)18(14-15)31-5/h13-14,16,25-26H,7-12H2,1-6H3. The summed E-state index contributed by atoms with van der Waals surface area (Å²) in [6.45, 7) is 5.77. The molecule has 1 aromatic carbocycles. The summed E-state index contributed by atoms with van der Waals surface area (Å²) in [4.78, 5) is 26.8. The zero-order valence-corrected chi connectivity index (χ0v) is 20.4. The number of methoxy groups -OCH3 is 3. The Morgan fingerprint density at radius 1 is 1.09 bits per heavy atom. The highest BCUT2D eigenvalue weighted by molar-refractivity contribution is 6.38. The molecule has 2 N–H and O–H groups in total. The van der Waals surface area contributed by atoms with Gasteiger partial charge in [-0.1, -0.05) is 20.8 Å². The molecule has 2 rings (SSSR count). The fourth-order valence-electron chi connectivity index (χ4n) is 3.65. The molecule has 1 unspecified atom stereocenters. The Labute approximate surface area is 195 Å². The number of hydrogen-bond acceptors (Lipinski definition) is 8. The molecule has 0 bridgehead atoms. The van der Waals surface area contributed by atoms with Gasteiger partial charge in [-0.3, -0.25) is 20.4 Å². The highest BCUT2D eigenvalue weighted by Crippen LogP contribution is 2.38. The van der Waals surface area contributed by atoms with Crippen LogP contribution in [0.25, 0.3) is 0 Å².